The summed E-state index contributed by atoms with van der Waals surface area (Å²) in [6.07, 6.45) is 0.897. The van der Waals surface area contributed by atoms with E-state index in [1.165, 1.54) is 5.01 Å². The Morgan fingerprint density at radius 1 is 1.54 bits per heavy atom. The van der Waals surface area contributed by atoms with Crippen molar-refractivity contribution in [2.24, 2.45) is 16.9 Å². The molecule has 6 nitrogen and oxygen atoms in total. The zero-order valence-corrected chi connectivity index (χ0v) is 7.31. The Morgan fingerprint density at radius 3 is 2.62 bits per heavy atom. The number of rotatable bonds is 3. The van der Waals surface area contributed by atoms with Gasteiger partial charge in [-0.05, 0) is 18.8 Å². The van der Waals surface area contributed by atoms with Crippen molar-refractivity contribution in [1.29, 1.82) is 0 Å². The van der Waals surface area contributed by atoms with Crippen molar-refractivity contribution in [3.05, 3.63) is 4.91 Å². The smallest absolute Gasteiger partial charge is 0.404 e. The van der Waals surface area contributed by atoms with E-state index in [0.717, 1.165) is 12.8 Å². The van der Waals surface area contributed by atoms with Gasteiger partial charge in [-0.15, -0.1) is 4.91 Å². The third kappa shape index (κ3) is 3.27. The lowest BCUT2D eigenvalue weighted by molar-refractivity contribution is 0.103. The van der Waals surface area contributed by atoms with Crippen molar-refractivity contribution >= 4 is 6.09 Å². The number of carbonyl (C=O) groups excluding carboxylic acids is 1. The molecular formula is C7H13N3O3. The summed E-state index contributed by atoms with van der Waals surface area (Å²) < 4.78 is 4.66. The third-order valence-corrected chi connectivity index (χ3v) is 2.17. The van der Waals surface area contributed by atoms with Gasteiger partial charge in [0.05, 0.1) is 11.9 Å². The number of primary amides is 1. The first-order valence-corrected chi connectivity index (χ1v) is 4.23. The molecule has 2 N–H and O–H groups in total. The maximum absolute atomic E-state index is 10.3. The molecule has 0 aromatic rings. The van der Waals surface area contributed by atoms with Crippen LogP contribution in [0.1, 0.15) is 12.8 Å². The number of nitrogens with zero attached hydrogens (tertiary/aromatic N) is 2. The summed E-state index contributed by atoms with van der Waals surface area (Å²) in [6.45, 7) is 1.62. The molecule has 0 radical (unpaired) electrons. The Hall–Kier alpha value is -1.33. The standard InChI is InChI=1S/C7H13N3O3/c8-7(11)13-5-6-1-3-10(9-12)4-2-6/h6H,1-5H2,(H2,8,11). The van der Waals surface area contributed by atoms with E-state index in [2.05, 4.69) is 10.0 Å². The number of piperidine rings is 1. The molecular weight excluding hydrogens is 174 g/mol. The maximum atomic E-state index is 10.3. The van der Waals surface area contributed by atoms with Gasteiger partial charge < -0.3 is 10.5 Å². The molecule has 1 heterocycles. The number of hydrogen-bond acceptors (Lipinski definition) is 4. The zero-order chi connectivity index (χ0) is 9.68. The van der Waals surface area contributed by atoms with Gasteiger partial charge in [-0.25, -0.2) is 4.79 Å². The van der Waals surface area contributed by atoms with Crippen LogP contribution in [0.15, 0.2) is 5.29 Å². The van der Waals surface area contributed by atoms with E-state index < -0.39 is 6.09 Å². The Labute approximate surface area is 76.0 Å². The van der Waals surface area contributed by atoms with Gasteiger partial charge in [-0.3, -0.25) is 5.01 Å². The first-order chi connectivity index (χ1) is 6.22. The number of carbonyl (C=O) groups is 1. The number of amides is 1. The minimum Gasteiger partial charge on any atom is -0.449 e. The largest absolute Gasteiger partial charge is 0.449 e. The number of ether oxygens (including phenoxy) is 1. The first-order valence-electron chi connectivity index (χ1n) is 4.23. The fourth-order valence-corrected chi connectivity index (χ4v) is 1.37. The maximum Gasteiger partial charge on any atom is 0.404 e. The lowest BCUT2D eigenvalue weighted by Crippen LogP contribution is -2.32. The van der Waals surface area contributed by atoms with Crippen LogP contribution in [0.4, 0.5) is 4.79 Å². The van der Waals surface area contributed by atoms with Gasteiger partial charge >= 0.3 is 6.09 Å². The van der Waals surface area contributed by atoms with Crippen LogP contribution in [0.3, 0.4) is 0 Å². The SMILES string of the molecule is NC(=O)OCC1CCN(N=O)CC1. The van der Waals surface area contributed by atoms with Crippen molar-refractivity contribution in [3.8, 4) is 0 Å². The van der Waals surface area contributed by atoms with Gasteiger partial charge in [0.2, 0.25) is 0 Å². The Balaban J connectivity index is 2.17. The summed E-state index contributed by atoms with van der Waals surface area (Å²) in [7, 11) is 0. The zero-order valence-electron chi connectivity index (χ0n) is 7.31. The molecule has 1 aliphatic heterocycles. The molecule has 0 spiro atoms. The van der Waals surface area contributed by atoms with E-state index in [-0.39, 0.29) is 0 Å². The summed E-state index contributed by atoms with van der Waals surface area (Å²) >= 11 is 0. The van der Waals surface area contributed by atoms with Crippen LogP contribution >= 0.6 is 0 Å². The molecule has 1 amide bonds. The third-order valence-electron chi connectivity index (χ3n) is 2.17. The normalized spacial score (nSPS) is 18.3. The van der Waals surface area contributed by atoms with Gasteiger partial charge in [0, 0.05) is 13.1 Å². The quantitative estimate of drug-likeness (QED) is 0.651. The van der Waals surface area contributed by atoms with Gasteiger partial charge in [-0.1, -0.05) is 0 Å². The summed E-state index contributed by atoms with van der Waals surface area (Å²) in [6, 6.07) is 0. The highest BCUT2D eigenvalue weighted by Gasteiger charge is 2.19. The van der Waals surface area contributed by atoms with Gasteiger partial charge in [0.25, 0.3) is 0 Å². The van der Waals surface area contributed by atoms with Crippen LogP contribution in [0.5, 0.6) is 0 Å². The Bertz CT molecular complexity index is 189. The van der Waals surface area contributed by atoms with Gasteiger partial charge in [0.1, 0.15) is 0 Å². The van der Waals surface area contributed by atoms with Crippen LogP contribution < -0.4 is 5.73 Å². The summed E-state index contributed by atoms with van der Waals surface area (Å²) in [5.41, 5.74) is 4.82. The minimum absolute atomic E-state index is 0.311. The Morgan fingerprint density at radius 2 is 2.15 bits per heavy atom. The first kappa shape index (κ1) is 9.76. The summed E-state index contributed by atoms with van der Waals surface area (Å²) in [4.78, 5) is 20.4. The van der Waals surface area contributed by atoms with Crippen LogP contribution in [0.2, 0.25) is 0 Å². The van der Waals surface area contributed by atoms with Gasteiger partial charge in [0.15, 0.2) is 0 Å². The number of nitroso groups, excluding NO2 is 1. The molecule has 1 fully saturated rings. The highest BCUT2D eigenvalue weighted by Crippen LogP contribution is 2.17. The fraction of sp³-hybridized carbons (Fsp3) is 0.857. The molecule has 6 heteroatoms. The molecule has 1 aliphatic rings. The van der Waals surface area contributed by atoms with E-state index in [0.29, 0.717) is 25.6 Å². The van der Waals surface area contributed by atoms with E-state index in [1.807, 2.05) is 0 Å². The van der Waals surface area contributed by atoms with Gasteiger partial charge in [-0.2, -0.15) is 0 Å². The number of nitrogens with two attached hydrogens (primary N) is 1. The molecule has 0 unspecified atom stereocenters. The van der Waals surface area contributed by atoms with Crippen molar-refractivity contribution in [3.63, 3.8) is 0 Å². The van der Waals surface area contributed by atoms with Crippen molar-refractivity contribution in [2.45, 2.75) is 12.8 Å². The molecule has 74 valence electrons. The predicted molar refractivity (Wildman–Crippen MR) is 45.6 cm³/mol. The Kier molecular flexibility index (Phi) is 3.48. The van der Waals surface area contributed by atoms with E-state index in [9.17, 15) is 9.70 Å². The molecule has 1 rings (SSSR count). The predicted octanol–water partition coefficient (Wildman–Crippen LogP) is 0.475. The lowest BCUT2D eigenvalue weighted by atomic mass is 9.99. The second-order valence-electron chi connectivity index (χ2n) is 3.11. The van der Waals surface area contributed by atoms with Crippen LogP contribution in [-0.2, 0) is 4.74 Å². The molecule has 0 aliphatic carbocycles. The van der Waals surface area contributed by atoms with Crippen molar-refractivity contribution < 1.29 is 9.53 Å². The minimum atomic E-state index is -0.740. The highest BCUT2D eigenvalue weighted by molar-refractivity contribution is 5.64. The van der Waals surface area contributed by atoms with E-state index >= 15 is 0 Å². The fourth-order valence-electron chi connectivity index (χ4n) is 1.37. The molecule has 0 aromatic heterocycles. The van der Waals surface area contributed by atoms with Crippen LogP contribution in [0, 0.1) is 10.8 Å². The summed E-state index contributed by atoms with van der Waals surface area (Å²) in [5.74, 6) is 0.311. The van der Waals surface area contributed by atoms with Crippen molar-refractivity contribution in [2.75, 3.05) is 19.7 Å². The summed E-state index contributed by atoms with van der Waals surface area (Å²) in [5, 5.41) is 4.30. The molecule has 0 atom stereocenters. The lowest BCUT2D eigenvalue weighted by Gasteiger charge is -2.26. The topological polar surface area (TPSA) is 85.0 Å². The monoisotopic (exact) mass is 187 g/mol. The highest BCUT2D eigenvalue weighted by atomic mass is 16.5. The molecule has 1 saturated heterocycles. The van der Waals surface area contributed by atoms with Crippen LogP contribution in [0.25, 0.3) is 0 Å². The van der Waals surface area contributed by atoms with Crippen molar-refractivity contribution in [1.82, 2.24) is 5.01 Å². The molecule has 13 heavy (non-hydrogen) atoms. The average molecular weight is 187 g/mol. The molecule has 0 saturated carbocycles. The van der Waals surface area contributed by atoms with E-state index in [4.69, 9.17) is 5.73 Å². The van der Waals surface area contributed by atoms with Crippen LogP contribution in [-0.4, -0.2) is 30.8 Å². The second-order valence-corrected chi connectivity index (χ2v) is 3.11. The molecule has 0 bridgehead atoms. The number of hydrogen-bond donors (Lipinski definition) is 1. The second kappa shape index (κ2) is 4.64. The average Bonchev–Trinajstić information content (AvgIpc) is 2.15. The van der Waals surface area contributed by atoms with E-state index in [1.54, 1.807) is 0 Å². The molecule has 0 aromatic carbocycles.